The maximum Gasteiger partial charge on any atom is 0.279 e. The number of carbonyl (C=O) groups is 1. The summed E-state index contributed by atoms with van der Waals surface area (Å²) in [6.45, 7) is 6.29. The molecule has 0 spiro atoms. The Hall–Kier alpha value is -2.82. The molecule has 0 unspecified atom stereocenters. The van der Waals surface area contributed by atoms with E-state index in [1.54, 1.807) is 0 Å². The number of rotatable bonds is 5. The van der Waals surface area contributed by atoms with E-state index in [9.17, 15) is 4.79 Å². The topological polar surface area (TPSA) is 36.8 Å². The zero-order valence-corrected chi connectivity index (χ0v) is 18.0. The molecule has 4 rings (SSSR count). The van der Waals surface area contributed by atoms with Crippen molar-refractivity contribution in [2.75, 3.05) is 42.9 Å². The lowest BCUT2D eigenvalue weighted by molar-refractivity contribution is -0.892. The van der Waals surface area contributed by atoms with Crippen molar-refractivity contribution in [1.29, 1.82) is 0 Å². The van der Waals surface area contributed by atoms with Gasteiger partial charge in [-0.1, -0.05) is 66.2 Å². The first-order valence-electron chi connectivity index (χ1n) is 10.4. The minimum atomic E-state index is 0.0563. The molecule has 0 aromatic heterocycles. The Morgan fingerprint density at radius 3 is 2.47 bits per heavy atom. The van der Waals surface area contributed by atoms with Crippen LogP contribution in [0, 0.1) is 6.92 Å². The van der Waals surface area contributed by atoms with Crippen LogP contribution in [0.2, 0.25) is 5.02 Å². The largest absolute Gasteiger partial charge is 0.360 e. The van der Waals surface area contributed by atoms with Crippen molar-refractivity contribution < 1.29 is 9.69 Å². The number of nitrogens with one attached hydrogen (secondary N) is 2. The first-order valence-corrected chi connectivity index (χ1v) is 10.8. The van der Waals surface area contributed by atoms with Crippen LogP contribution in [0.4, 0.5) is 11.4 Å². The first kappa shape index (κ1) is 20.5. The number of nitrogens with zero attached hydrogens (tertiary/aromatic N) is 1. The van der Waals surface area contributed by atoms with Gasteiger partial charge in [0.15, 0.2) is 6.54 Å². The smallest absolute Gasteiger partial charge is 0.279 e. The van der Waals surface area contributed by atoms with Gasteiger partial charge >= 0.3 is 0 Å². The minimum Gasteiger partial charge on any atom is -0.360 e. The van der Waals surface area contributed by atoms with E-state index >= 15 is 0 Å². The van der Waals surface area contributed by atoms with Crippen LogP contribution >= 0.6 is 11.6 Å². The zero-order valence-electron chi connectivity index (χ0n) is 17.2. The number of aryl methyl sites for hydroxylation is 1. The molecular weight excluding hydrogens is 394 g/mol. The molecular formula is C25H27ClN3O+. The minimum absolute atomic E-state index is 0.0563. The molecule has 2 N–H and O–H groups in total. The van der Waals surface area contributed by atoms with Crippen molar-refractivity contribution in [3.05, 3.63) is 83.4 Å². The van der Waals surface area contributed by atoms with Gasteiger partial charge in [-0.2, -0.15) is 0 Å². The molecule has 4 nitrogen and oxygen atoms in total. The lowest BCUT2D eigenvalue weighted by atomic mass is 10.0. The van der Waals surface area contributed by atoms with Gasteiger partial charge in [0.1, 0.15) is 0 Å². The van der Waals surface area contributed by atoms with Gasteiger partial charge < -0.3 is 15.1 Å². The lowest BCUT2D eigenvalue weighted by Gasteiger charge is -2.34. The summed E-state index contributed by atoms with van der Waals surface area (Å²) in [6, 6.07) is 24.2. The highest BCUT2D eigenvalue weighted by molar-refractivity contribution is 6.30. The summed E-state index contributed by atoms with van der Waals surface area (Å²) in [6.07, 6.45) is 0. The number of carbonyl (C=O) groups excluding carboxylic acids is 1. The fourth-order valence-electron chi connectivity index (χ4n) is 4.05. The second-order valence-electron chi connectivity index (χ2n) is 7.80. The highest BCUT2D eigenvalue weighted by Gasteiger charge is 2.23. The van der Waals surface area contributed by atoms with Crippen LogP contribution in [0.15, 0.2) is 72.8 Å². The molecule has 1 saturated heterocycles. The second-order valence-corrected chi connectivity index (χ2v) is 8.24. The molecule has 0 atom stereocenters. The molecule has 0 radical (unpaired) electrons. The summed E-state index contributed by atoms with van der Waals surface area (Å²) in [7, 11) is 0. The van der Waals surface area contributed by atoms with E-state index in [1.165, 1.54) is 16.2 Å². The fourth-order valence-corrected chi connectivity index (χ4v) is 4.21. The second kappa shape index (κ2) is 9.33. The molecule has 1 amide bonds. The van der Waals surface area contributed by atoms with Crippen molar-refractivity contribution in [2.45, 2.75) is 6.92 Å². The van der Waals surface area contributed by atoms with Crippen molar-refractivity contribution >= 4 is 28.9 Å². The van der Waals surface area contributed by atoms with Crippen LogP contribution in [0.3, 0.4) is 0 Å². The molecule has 3 aromatic carbocycles. The van der Waals surface area contributed by atoms with Gasteiger partial charge in [-0.05, 0) is 36.2 Å². The molecule has 0 bridgehead atoms. The van der Waals surface area contributed by atoms with Crippen LogP contribution < -0.4 is 15.1 Å². The standard InChI is InChI=1S/C25H26ClN3O/c1-19-11-12-21(26)17-24(19)29-15-13-28(14-16-29)18-25(30)27-23-10-6-5-9-22(23)20-7-3-2-4-8-20/h2-12,17H,13-16,18H2,1H3,(H,27,30)/p+1. The average molecular weight is 421 g/mol. The molecule has 1 aliphatic heterocycles. The van der Waals surface area contributed by atoms with Gasteiger partial charge in [0, 0.05) is 22.0 Å². The summed E-state index contributed by atoms with van der Waals surface area (Å²) < 4.78 is 0. The highest BCUT2D eigenvalue weighted by atomic mass is 35.5. The summed E-state index contributed by atoms with van der Waals surface area (Å²) >= 11 is 6.18. The maximum atomic E-state index is 12.8. The van der Waals surface area contributed by atoms with Crippen molar-refractivity contribution in [3.63, 3.8) is 0 Å². The molecule has 30 heavy (non-hydrogen) atoms. The fraction of sp³-hybridized carbons (Fsp3) is 0.240. The van der Waals surface area contributed by atoms with E-state index < -0.39 is 0 Å². The molecule has 3 aromatic rings. The van der Waals surface area contributed by atoms with Gasteiger partial charge in [-0.15, -0.1) is 0 Å². The molecule has 0 aliphatic carbocycles. The van der Waals surface area contributed by atoms with Crippen LogP contribution in [0.1, 0.15) is 5.56 Å². The number of quaternary nitrogens is 1. The third-order valence-corrected chi connectivity index (χ3v) is 5.91. The van der Waals surface area contributed by atoms with E-state index in [0.29, 0.717) is 6.54 Å². The highest BCUT2D eigenvalue weighted by Crippen LogP contribution is 2.27. The van der Waals surface area contributed by atoms with E-state index in [0.717, 1.165) is 48.0 Å². The number of halogens is 1. The normalized spacial score (nSPS) is 14.5. The van der Waals surface area contributed by atoms with Crippen LogP contribution in [-0.4, -0.2) is 38.6 Å². The molecule has 1 aliphatic rings. The Kier molecular flexibility index (Phi) is 6.36. The Morgan fingerprint density at radius 1 is 1.00 bits per heavy atom. The summed E-state index contributed by atoms with van der Waals surface area (Å²) in [5, 5.41) is 3.89. The van der Waals surface area contributed by atoms with Gasteiger partial charge in [-0.3, -0.25) is 4.79 Å². The van der Waals surface area contributed by atoms with Gasteiger partial charge in [-0.25, -0.2) is 0 Å². The molecule has 0 saturated carbocycles. The molecule has 154 valence electrons. The Bertz CT molecular complexity index is 1010. The number of amides is 1. The van der Waals surface area contributed by atoms with Crippen LogP contribution in [-0.2, 0) is 4.79 Å². The van der Waals surface area contributed by atoms with E-state index in [2.05, 4.69) is 35.3 Å². The predicted octanol–water partition coefficient (Wildman–Crippen LogP) is 3.66. The van der Waals surface area contributed by atoms with Crippen LogP contribution in [0.25, 0.3) is 11.1 Å². The van der Waals surface area contributed by atoms with Crippen LogP contribution in [0.5, 0.6) is 0 Å². The van der Waals surface area contributed by atoms with E-state index in [4.69, 9.17) is 11.6 Å². The number of anilines is 2. The monoisotopic (exact) mass is 420 g/mol. The quantitative estimate of drug-likeness (QED) is 0.661. The van der Waals surface area contributed by atoms with Gasteiger partial charge in [0.2, 0.25) is 0 Å². The number of hydrogen-bond donors (Lipinski definition) is 2. The predicted molar refractivity (Wildman–Crippen MR) is 124 cm³/mol. The Morgan fingerprint density at radius 2 is 1.70 bits per heavy atom. The molecule has 1 fully saturated rings. The van der Waals surface area contributed by atoms with E-state index in [1.807, 2.05) is 54.6 Å². The number of piperazine rings is 1. The van der Waals surface area contributed by atoms with Gasteiger partial charge in [0.25, 0.3) is 5.91 Å². The Balaban J connectivity index is 1.36. The summed E-state index contributed by atoms with van der Waals surface area (Å²) in [5.41, 5.74) is 5.44. The number of hydrogen-bond acceptors (Lipinski definition) is 2. The molecule has 1 heterocycles. The van der Waals surface area contributed by atoms with E-state index in [-0.39, 0.29) is 5.91 Å². The number of benzene rings is 3. The Labute approximate surface area is 183 Å². The van der Waals surface area contributed by atoms with Crippen molar-refractivity contribution in [3.8, 4) is 11.1 Å². The third kappa shape index (κ3) is 4.84. The molecule has 5 heteroatoms. The lowest BCUT2D eigenvalue weighted by Crippen LogP contribution is -3.15. The third-order valence-electron chi connectivity index (χ3n) is 5.68. The first-order chi connectivity index (χ1) is 14.6. The average Bonchev–Trinajstić information content (AvgIpc) is 2.77. The summed E-state index contributed by atoms with van der Waals surface area (Å²) in [4.78, 5) is 16.4. The number of para-hydroxylation sites is 1. The summed E-state index contributed by atoms with van der Waals surface area (Å²) in [5.74, 6) is 0.0563. The SMILES string of the molecule is Cc1ccc(Cl)cc1N1CC[NH+](CC(=O)Nc2ccccc2-c2ccccc2)CC1. The zero-order chi connectivity index (χ0) is 20.9. The van der Waals surface area contributed by atoms with Crippen molar-refractivity contribution in [2.24, 2.45) is 0 Å². The maximum absolute atomic E-state index is 12.8. The van der Waals surface area contributed by atoms with Gasteiger partial charge in [0.05, 0.1) is 26.2 Å². The van der Waals surface area contributed by atoms with Crippen molar-refractivity contribution in [1.82, 2.24) is 0 Å².